The summed E-state index contributed by atoms with van der Waals surface area (Å²) in [5.74, 6) is -0.172. The van der Waals surface area contributed by atoms with E-state index in [1.165, 1.54) is 7.11 Å². The largest absolute Gasteiger partial charge is 0.469 e. The molecule has 0 aromatic carbocycles. The van der Waals surface area contributed by atoms with Crippen LogP contribution in [-0.2, 0) is 14.3 Å². The first-order valence-electron chi connectivity index (χ1n) is 5.95. The molecule has 1 aromatic rings. The van der Waals surface area contributed by atoms with Gasteiger partial charge < -0.3 is 15.3 Å². The van der Waals surface area contributed by atoms with Gasteiger partial charge in [0, 0.05) is 36.4 Å². The van der Waals surface area contributed by atoms with Crippen molar-refractivity contribution in [3.8, 4) is 0 Å². The second-order valence-electron chi connectivity index (χ2n) is 3.95. The van der Waals surface area contributed by atoms with Gasteiger partial charge in [0.05, 0.1) is 13.0 Å². The van der Waals surface area contributed by atoms with Gasteiger partial charge in [-0.3, -0.25) is 9.78 Å². The fourth-order valence-electron chi connectivity index (χ4n) is 1.76. The summed E-state index contributed by atoms with van der Waals surface area (Å²) in [6, 6.07) is 3.51. The lowest BCUT2D eigenvalue weighted by molar-refractivity contribution is -0.144. The molecule has 0 saturated carbocycles. The molecule has 0 fully saturated rings. The molecule has 0 aliphatic heterocycles. The number of nitrogens with zero attached hydrogens (tertiary/aromatic N) is 1. The molecular weight excluding hydrogens is 264 g/mol. The maximum Gasteiger partial charge on any atom is 0.313 e. The summed E-state index contributed by atoms with van der Waals surface area (Å²) in [6.45, 7) is 0.548. The molecule has 1 heterocycles. The molecule has 0 saturated heterocycles. The van der Waals surface area contributed by atoms with Gasteiger partial charge in [-0.15, -0.1) is 0 Å². The highest BCUT2D eigenvalue weighted by Gasteiger charge is 2.30. The van der Waals surface area contributed by atoms with E-state index in [0.717, 1.165) is 12.0 Å². The van der Waals surface area contributed by atoms with Crippen molar-refractivity contribution >= 4 is 24.0 Å². The molecule has 19 heavy (non-hydrogen) atoms. The Labute approximate surface area is 116 Å². The van der Waals surface area contributed by atoms with Crippen LogP contribution < -0.4 is 5.73 Å². The second kappa shape index (κ2) is 8.66. The van der Waals surface area contributed by atoms with Gasteiger partial charge in [-0.2, -0.15) is 11.8 Å². The van der Waals surface area contributed by atoms with E-state index in [9.17, 15) is 9.59 Å². The van der Waals surface area contributed by atoms with Crippen LogP contribution in [0.3, 0.4) is 0 Å². The zero-order chi connectivity index (χ0) is 14.1. The fraction of sp³-hybridized carbons (Fsp3) is 0.462. The van der Waals surface area contributed by atoms with E-state index in [1.807, 2.05) is 0 Å². The number of thioether (sulfide) groups is 1. The molecule has 0 bridgehead atoms. The number of ether oxygens (including phenoxy) is 1. The predicted molar refractivity (Wildman–Crippen MR) is 74.9 cm³/mol. The normalized spacial score (nSPS) is 13.6. The average molecular weight is 282 g/mol. The molecule has 2 unspecified atom stereocenters. The first-order chi connectivity index (χ1) is 9.24. The summed E-state index contributed by atoms with van der Waals surface area (Å²) in [6.07, 6.45) is 4.01. The summed E-state index contributed by atoms with van der Waals surface area (Å²) in [7, 11) is 1.32. The number of pyridine rings is 1. The van der Waals surface area contributed by atoms with Crippen molar-refractivity contribution in [1.82, 2.24) is 4.98 Å². The highest BCUT2D eigenvalue weighted by atomic mass is 32.2. The van der Waals surface area contributed by atoms with Gasteiger partial charge in [0.2, 0.25) is 0 Å². The van der Waals surface area contributed by atoms with Gasteiger partial charge in [0.15, 0.2) is 0 Å². The Morgan fingerprint density at radius 1 is 1.63 bits per heavy atom. The number of aldehydes is 1. The molecule has 0 aliphatic carbocycles. The van der Waals surface area contributed by atoms with E-state index in [4.69, 9.17) is 10.5 Å². The Morgan fingerprint density at radius 2 is 2.42 bits per heavy atom. The number of esters is 1. The zero-order valence-electron chi connectivity index (χ0n) is 10.8. The van der Waals surface area contributed by atoms with Crippen LogP contribution in [0.15, 0.2) is 24.5 Å². The Morgan fingerprint density at radius 3 is 2.95 bits per heavy atom. The summed E-state index contributed by atoms with van der Waals surface area (Å²) >= 11 is 1.55. The number of hydrogen-bond donors (Lipinski definition) is 1. The van der Waals surface area contributed by atoms with Crippen LogP contribution in [0.1, 0.15) is 11.5 Å². The number of rotatable bonds is 8. The summed E-state index contributed by atoms with van der Waals surface area (Å²) in [5, 5.41) is 0. The lowest BCUT2D eigenvalue weighted by Crippen LogP contribution is -2.26. The predicted octanol–water partition coefficient (Wildman–Crippen LogP) is 0.845. The molecule has 0 amide bonds. The fourth-order valence-corrected chi connectivity index (χ4v) is 2.64. The van der Waals surface area contributed by atoms with Crippen molar-refractivity contribution in [1.29, 1.82) is 0 Å². The average Bonchev–Trinajstić information content (AvgIpc) is 2.47. The van der Waals surface area contributed by atoms with Crippen LogP contribution >= 0.6 is 11.8 Å². The minimum absolute atomic E-state index is 0.418. The highest BCUT2D eigenvalue weighted by molar-refractivity contribution is 7.99. The van der Waals surface area contributed by atoms with Crippen molar-refractivity contribution in [2.24, 2.45) is 11.7 Å². The smallest absolute Gasteiger partial charge is 0.313 e. The molecule has 1 aromatic heterocycles. The maximum absolute atomic E-state index is 11.9. The van der Waals surface area contributed by atoms with Gasteiger partial charge in [-0.05, 0) is 11.6 Å². The SMILES string of the molecule is COC(=O)C(c1cccnc1)C(C=O)CSCCN. The Balaban J connectivity index is 2.88. The third kappa shape index (κ3) is 4.65. The summed E-state index contributed by atoms with van der Waals surface area (Å²) in [4.78, 5) is 27.1. The third-order valence-corrected chi connectivity index (χ3v) is 3.82. The van der Waals surface area contributed by atoms with Crippen LogP contribution in [0.25, 0.3) is 0 Å². The Kier molecular flexibility index (Phi) is 7.14. The molecule has 1 rings (SSSR count). The van der Waals surface area contributed by atoms with Gasteiger partial charge in [0.25, 0.3) is 0 Å². The van der Waals surface area contributed by atoms with Crippen molar-refractivity contribution in [3.63, 3.8) is 0 Å². The Hall–Kier alpha value is -1.40. The van der Waals surface area contributed by atoms with Crippen LogP contribution in [0.5, 0.6) is 0 Å². The minimum Gasteiger partial charge on any atom is -0.469 e. The number of carbonyl (C=O) groups excluding carboxylic acids is 2. The van der Waals surface area contributed by atoms with E-state index >= 15 is 0 Å². The zero-order valence-corrected chi connectivity index (χ0v) is 11.6. The van der Waals surface area contributed by atoms with Crippen LogP contribution in [0, 0.1) is 5.92 Å². The van der Waals surface area contributed by atoms with Gasteiger partial charge in [-0.25, -0.2) is 0 Å². The van der Waals surface area contributed by atoms with Crippen LogP contribution in [0.4, 0.5) is 0 Å². The molecule has 0 spiro atoms. The Bertz CT molecular complexity index is 400. The maximum atomic E-state index is 11.9. The number of carbonyl (C=O) groups is 2. The molecular formula is C13H18N2O3S. The quantitative estimate of drug-likeness (QED) is 0.432. The first kappa shape index (κ1) is 15.7. The molecule has 2 atom stereocenters. The van der Waals surface area contributed by atoms with Crippen molar-refractivity contribution in [2.75, 3.05) is 25.2 Å². The van der Waals surface area contributed by atoms with E-state index in [2.05, 4.69) is 4.98 Å². The molecule has 5 nitrogen and oxygen atoms in total. The number of hydrogen-bond acceptors (Lipinski definition) is 6. The van der Waals surface area contributed by atoms with Gasteiger partial charge >= 0.3 is 5.97 Å². The minimum atomic E-state index is -0.610. The van der Waals surface area contributed by atoms with Crippen molar-refractivity contribution < 1.29 is 14.3 Å². The van der Waals surface area contributed by atoms with Crippen LogP contribution in [0.2, 0.25) is 0 Å². The van der Waals surface area contributed by atoms with Crippen LogP contribution in [-0.4, -0.2) is 42.4 Å². The standard InChI is InChI=1S/C13H18N2O3S/c1-18-13(17)12(10-3-2-5-15-7-10)11(8-16)9-19-6-4-14/h2-3,5,7-8,11-12H,4,6,9,14H2,1H3. The third-order valence-electron chi connectivity index (χ3n) is 2.67. The monoisotopic (exact) mass is 282 g/mol. The molecule has 104 valence electrons. The molecule has 0 aliphatic rings. The van der Waals surface area contributed by atoms with E-state index in [1.54, 1.807) is 36.3 Å². The lowest BCUT2D eigenvalue weighted by Gasteiger charge is -2.20. The number of methoxy groups -OCH3 is 1. The molecule has 0 radical (unpaired) electrons. The molecule has 6 heteroatoms. The summed E-state index contributed by atoms with van der Waals surface area (Å²) in [5.41, 5.74) is 6.11. The topological polar surface area (TPSA) is 82.3 Å². The second-order valence-corrected chi connectivity index (χ2v) is 5.10. The number of aromatic nitrogens is 1. The molecule has 2 N–H and O–H groups in total. The van der Waals surface area contributed by atoms with E-state index in [0.29, 0.717) is 17.9 Å². The first-order valence-corrected chi connectivity index (χ1v) is 7.11. The number of nitrogens with two attached hydrogens (primary N) is 1. The van der Waals surface area contributed by atoms with Gasteiger partial charge in [-0.1, -0.05) is 6.07 Å². The van der Waals surface area contributed by atoms with Crippen molar-refractivity contribution in [2.45, 2.75) is 5.92 Å². The summed E-state index contributed by atoms with van der Waals surface area (Å²) < 4.78 is 4.80. The highest BCUT2D eigenvalue weighted by Crippen LogP contribution is 2.27. The van der Waals surface area contributed by atoms with Crippen molar-refractivity contribution in [3.05, 3.63) is 30.1 Å². The van der Waals surface area contributed by atoms with Gasteiger partial charge in [0.1, 0.15) is 6.29 Å². The van der Waals surface area contributed by atoms with E-state index < -0.39 is 17.8 Å². The lowest BCUT2D eigenvalue weighted by atomic mass is 9.89. The van der Waals surface area contributed by atoms with E-state index in [-0.39, 0.29) is 0 Å².